The lowest BCUT2D eigenvalue weighted by molar-refractivity contribution is -0.133. The first-order valence-corrected chi connectivity index (χ1v) is 6.10. The largest absolute Gasteiger partial charge is 0.508 e. The highest BCUT2D eigenvalue weighted by molar-refractivity contribution is 7.99. The lowest BCUT2D eigenvalue weighted by atomic mass is 10.2. The van der Waals surface area contributed by atoms with E-state index in [1.54, 1.807) is 31.3 Å². The summed E-state index contributed by atoms with van der Waals surface area (Å²) in [5, 5.41) is 22.7. The summed E-state index contributed by atoms with van der Waals surface area (Å²) in [5.41, 5.74) is 0.688. The molecule has 0 aliphatic heterocycles. The van der Waals surface area contributed by atoms with Crippen LogP contribution in [-0.2, 0) is 11.8 Å². The van der Waals surface area contributed by atoms with Crippen molar-refractivity contribution in [2.45, 2.75) is 5.16 Å². The molecule has 1 aromatic carbocycles. The number of aryl methyl sites for hydroxylation is 1. The number of carboxylic acid groups (broad SMARTS) is 1. The monoisotopic (exact) mass is 265 g/mol. The van der Waals surface area contributed by atoms with E-state index in [0.717, 1.165) is 11.8 Å². The van der Waals surface area contributed by atoms with Gasteiger partial charge in [-0.05, 0) is 12.1 Å². The SMILES string of the molecule is Cn1nc(-c2cccc(O)c2)nc1SCC(=O)O. The minimum absolute atomic E-state index is 0.0635. The molecule has 0 amide bonds. The molecule has 0 aliphatic rings. The molecule has 0 radical (unpaired) electrons. The molecular formula is C11H11N3O3S. The number of phenols is 1. The molecule has 94 valence electrons. The molecule has 2 N–H and O–H groups in total. The molecular weight excluding hydrogens is 254 g/mol. The van der Waals surface area contributed by atoms with E-state index in [1.165, 1.54) is 4.68 Å². The fourth-order valence-corrected chi connectivity index (χ4v) is 2.02. The number of nitrogens with zero attached hydrogens (tertiary/aromatic N) is 3. The number of aromatic hydroxyl groups is 1. The van der Waals surface area contributed by atoms with Gasteiger partial charge in [-0.1, -0.05) is 23.9 Å². The van der Waals surface area contributed by atoms with Crippen molar-refractivity contribution in [3.63, 3.8) is 0 Å². The Morgan fingerprint density at radius 3 is 2.94 bits per heavy atom. The molecule has 18 heavy (non-hydrogen) atoms. The van der Waals surface area contributed by atoms with Gasteiger partial charge >= 0.3 is 5.97 Å². The zero-order valence-corrected chi connectivity index (χ0v) is 10.4. The van der Waals surface area contributed by atoms with Crippen molar-refractivity contribution >= 4 is 17.7 Å². The Labute approximate surface area is 107 Å². The molecule has 0 bridgehead atoms. The van der Waals surface area contributed by atoms with Gasteiger partial charge in [0.2, 0.25) is 0 Å². The first kappa shape index (κ1) is 12.4. The van der Waals surface area contributed by atoms with Gasteiger partial charge in [0.1, 0.15) is 5.75 Å². The first-order valence-electron chi connectivity index (χ1n) is 5.11. The maximum absolute atomic E-state index is 10.5. The number of hydrogen-bond acceptors (Lipinski definition) is 5. The van der Waals surface area contributed by atoms with E-state index in [9.17, 15) is 9.90 Å². The van der Waals surface area contributed by atoms with Crippen molar-refractivity contribution in [2.24, 2.45) is 7.05 Å². The average molecular weight is 265 g/mol. The maximum Gasteiger partial charge on any atom is 0.313 e. The van der Waals surface area contributed by atoms with Crippen molar-refractivity contribution < 1.29 is 15.0 Å². The standard InChI is InChI=1S/C11H11N3O3S/c1-14-11(18-6-9(16)17)12-10(13-14)7-3-2-4-8(15)5-7/h2-5,15H,6H2,1H3,(H,16,17). The van der Waals surface area contributed by atoms with Crippen LogP contribution in [0.2, 0.25) is 0 Å². The van der Waals surface area contributed by atoms with Gasteiger partial charge in [-0.15, -0.1) is 0 Å². The van der Waals surface area contributed by atoms with Gasteiger partial charge in [0.15, 0.2) is 11.0 Å². The summed E-state index contributed by atoms with van der Waals surface area (Å²) in [7, 11) is 1.70. The first-order chi connectivity index (χ1) is 8.56. The summed E-state index contributed by atoms with van der Waals surface area (Å²) in [6.45, 7) is 0. The predicted octanol–water partition coefficient (Wildman–Crippen LogP) is 1.36. The van der Waals surface area contributed by atoms with Crippen LogP contribution in [0.15, 0.2) is 29.4 Å². The van der Waals surface area contributed by atoms with Crippen molar-refractivity contribution in [3.8, 4) is 17.1 Å². The Balaban J connectivity index is 2.25. The van der Waals surface area contributed by atoms with Gasteiger partial charge in [-0.2, -0.15) is 5.10 Å². The topological polar surface area (TPSA) is 88.2 Å². The number of aromatic nitrogens is 3. The average Bonchev–Trinajstić information content (AvgIpc) is 2.68. The third-order valence-electron chi connectivity index (χ3n) is 2.15. The minimum atomic E-state index is -0.901. The molecule has 0 saturated carbocycles. The quantitative estimate of drug-likeness (QED) is 0.812. The van der Waals surface area contributed by atoms with Crippen LogP contribution in [0, 0.1) is 0 Å². The molecule has 7 heteroatoms. The fraction of sp³-hybridized carbons (Fsp3) is 0.182. The van der Waals surface area contributed by atoms with E-state index in [4.69, 9.17) is 5.11 Å². The van der Waals surface area contributed by atoms with E-state index in [2.05, 4.69) is 10.1 Å². The number of phenolic OH excluding ortho intramolecular Hbond substituents is 1. The number of carboxylic acids is 1. The van der Waals surface area contributed by atoms with E-state index in [1.807, 2.05) is 0 Å². The summed E-state index contributed by atoms with van der Waals surface area (Å²) >= 11 is 1.10. The summed E-state index contributed by atoms with van der Waals surface area (Å²) in [6.07, 6.45) is 0. The summed E-state index contributed by atoms with van der Waals surface area (Å²) in [4.78, 5) is 14.7. The molecule has 2 aromatic rings. The maximum atomic E-state index is 10.5. The molecule has 0 spiro atoms. The highest BCUT2D eigenvalue weighted by Gasteiger charge is 2.11. The summed E-state index contributed by atoms with van der Waals surface area (Å²) < 4.78 is 1.52. The Morgan fingerprint density at radius 1 is 1.50 bits per heavy atom. The Morgan fingerprint density at radius 2 is 2.28 bits per heavy atom. The van der Waals surface area contributed by atoms with Gasteiger partial charge in [-0.25, -0.2) is 9.67 Å². The highest BCUT2D eigenvalue weighted by atomic mass is 32.2. The van der Waals surface area contributed by atoms with Crippen LogP contribution in [0.1, 0.15) is 0 Å². The second kappa shape index (κ2) is 5.09. The van der Waals surface area contributed by atoms with Crippen molar-refractivity contribution in [1.29, 1.82) is 0 Å². The Kier molecular flexibility index (Phi) is 3.52. The smallest absolute Gasteiger partial charge is 0.313 e. The fourth-order valence-electron chi connectivity index (χ4n) is 1.39. The molecule has 0 aliphatic carbocycles. The third kappa shape index (κ3) is 2.80. The number of thioether (sulfide) groups is 1. The van der Waals surface area contributed by atoms with Crippen LogP contribution in [0.5, 0.6) is 5.75 Å². The molecule has 0 saturated heterocycles. The normalized spacial score (nSPS) is 10.5. The zero-order chi connectivity index (χ0) is 13.1. The van der Waals surface area contributed by atoms with Gasteiger partial charge < -0.3 is 10.2 Å². The van der Waals surface area contributed by atoms with Crippen LogP contribution < -0.4 is 0 Å². The molecule has 0 fully saturated rings. The van der Waals surface area contributed by atoms with Crippen LogP contribution in [0.25, 0.3) is 11.4 Å². The molecule has 2 rings (SSSR count). The molecule has 0 atom stereocenters. The minimum Gasteiger partial charge on any atom is -0.508 e. The number of rotatable bonds is 4. The second-order valence-corrected chi connectivity index (χ2v) is 4.52. The highest BCUT2D eigenvalue weighted by Crippen LogP contribution is 2.23. The molecule has 6 nitrogen and oxygen atoms in total. The third-order valence-corrected chi connectivity index (χ3v) is 3.16. The Hall–Kier alpha value is -2.02. The zero-order valence-electron chi connectivity index (χ0n) is 9.57. The Bertz CT molecular complexity index is 583. The van der Waals surface area contributed by atoms with Crippen molar-refractivity contribution in [1.82, 2.24) is 14.8 Å². The van der Waals surface area contributed by atoms with Gasteiger partial charge in [0.25, 0.3) is 0 Å². The van der Waals surface area contributed by atoms with E-state index >= 15 is 0 Å². The number of carbonyl (C=O) groups is 1. The van der Waals surface area contributed by atoms with E-state index in [0.29, 0.717) is 16.5 Å². The van der Waals surface area contributed by atoms with Crippen molar-refractivity contribution in [2.75, 3.05) is 5.75 Å². The predicted molar refractivity (Wildman–Crippen MR) is 66.5 cm³/mol. The van der Waals surface area contributed by atoms with Gasteiger partial charge in [-0.3, -0.25) is 4.79 Å². The van der Waals surface area contributed by atoms with Crippen LogP contribution in [0.3, 0.4) is 0 Å². The van der Waals surface area contributed by atoms with Crippen LogP contribution in [-0.4, -0.2) is 36.7 Å². The lowest BCUT2D eigenvalue weighted by Crippen LogP contribution is -2.00. The number of aliphatic carboxylic acids is 1. The van der Waals surface area contributed by atoms with Crippen molar-refractivity contribution in [3.05, 3.63) is 24.3 Å². The molecule has 1 heterocycles. The second-order valence-electron chi connectivity index (χ2n) is 3.57. The number of hydrogen-bond donors (Lipinski definition) is 2. The molecule has 0 unspecified atom stereocenters. The van der Waals surface area contributed by atoms with Crippen LogP contribution >= 0.6 is 11.8 Å². The number of benzene rings is 1. The van der Waals surface area contributed by atoms with Crippen LogP contribution in [0.4, 0.5) is 0 Å². The van der Waals surface area contributed by atoms with Gasteiger partial charge in [0, 0.05) is 12.6 Å². The summed E-state index contributed by atoms with van der Waals surface area (Å²) in [5.74, 6) is -0.366. The van der Waals surface area contributed by atoms with E-state index < -0.39 is 5.97 Å². The summed E-state index contributed by atoms with van der Waals surface area (Å²) in [6, 6.07) is 6.60. The molecule has 1 aromatic heterocycles. The van der Waals surface area contributed by atoms with E-state index in [-0.39, 0.29) is 11.5 Å². The van der Waals surface area contributed by atoms with Gasteiger partial charge in [0.05, 0.1) is 5.75 Å². The lowest BCUT2D eigenvalue weighted by Gasteiger charge is -1.95.